The fourth-order valence-corrected chi connectivity index (χ4v) is 3.93. The van der Waals surface area contributed by atoms with Gasteiger partial charge in [0.2, 0.25) is 0 Å². The lowest BCUT2D eigenvalue weighted by Gasteiger charge is -2.20. The van der Waals surface area contributed by atoms with Crippen LogP contribution >= 0.6 is 0 Å². The number of aromatic nitrogens is 3. The lowest BCUT2D eigenvalue weighted by atomic mass is 9.93. The molecule has 2 aliphatic rings. The molecule has 3 heterocycles. The average molecular weight is 469 g/mol. The van der Waals surface area contributed by atoms with E-state index in [0.29, 0.717) is 12.8 Å². The van der Waals surface area contributed by atoms with Gasteiger partial charge in [-0.15, -0.1) is 8.78 Å². The van der Waals surface area contributed by atoms with Crippen molar-refractivity contribution in [2.45, 2.75) is 44.4 Å². The molecule has 0 fully saturated rings. The molecule has 0 spiro atoms. The molecule has 7 nitrogen and oxygen atoms in total. The number of halogens is 5. The Morgan fingerprint density at radius 1 is 1.18 bits per heavy atom. The minimum absolute atomic E-state index is 0.00562. The summed E-state index contributed by atoms with van der Waals surface area (Å²) in [5.41, 5.74) is -0.354. The van der Waals surface area contributed by atoms with Crippen molar-refractivity contribution < 1.29 is 41.3 Å². The highest BCUT2D eigenvalue weighted by molar-refractivity contribution is 5.45. The summed E-state index contributed by atoms with van der Waals surface area (Å²) in [4.78, 5) is 3.97. The number of fused-ring (bicyclic) bond motifs is 2. The monoisotopic (exact) mass is 469 g/mol. The van der Waals surface area contributed by atoms with Gasteiger partial charge in [0, 0.05) is 17.7 Å². The number of aliphatic hydroxyl groups excluding tert-OH is 1. The third kappa shape index (κ3) is 4.06. The lowest BCUT2D eigenvalue weighted by molar-refractivity contribution is -0.286. The summed E-state index contributed by atoms with van der Waals surface area (Å²) in [5.74, 6) is -0.104. The number of hydrogen-bond donors (Lipinski definition) is 1. The maximum absolute atomic E-state index is 13.5. The Balaban J connectivity index is 1.40. The molecule has 0 saturated heterocycles. The van der Waals surface area contributed by atoms with E-state index in [1.54, 1.807) is 18.2 Å². The van der Waals surface area contributed by atoms with Crippen molar-refractivity contribution in [1.29, 1.82) is 0 Å². The largest absolute Gasteiger partial charge is 0.586 e. The number of ether oxygens (including phenoxy) is 3. The first-order valence-corrected chi connectivity index (χ1v) is 9.96. The third-order valence-corrected chi connectivity index (χ3v) is 5.31. The van der Waals surface area contributed by atoms with Crippen LogP contribution in [-0.4, -0.2) is 26.2 Å². The Kier molecular flexibility index (Phi) is 4.92. The smallest absolute Gasteiger partial charge is 0.487 e. The Morgan fingerprint density at radius 3 is 2.76 bits per heavy atom. The Bertz CT molecular complexity index is 1210. The number of alkyl halides is 5. The number of nitrogens with zero attached hydrogens (tertiary/aromatic N) is 3. The zero-order chi connectivity index (χ0) is 23.4. The van der Waals surface area contributed by atoms with Crippen LogP contribution in [0, 0.1) is 0 Å². The topological polar surface area (TPSA) is 78.6 Å². The van der Waals surface area contributed by atoms with Crippen LogP contribution < -0.4 is 14.2 Å². The van der Waals surface area contributed by atoms with Crippen molar-refractivity contribution in [3.05, 3.63) is 59.2 Å². The Hall–Kier alpha value is -3.41. The third-order valence-electron chi connectivity index (χ3n) is 5.31. The van der Waals surface area contributed by atoms with Crippen LogP contribution in [0.1, 0.15) is 41.6 Å². The summed E-state index contributed by atoms with van der Waals surface area (Å²) in [6.07, 6.45) is -7.46. The molecule has 1 N–H and O–H groups in total. The zero-order valence-corrected chi connectivity index (χ0v) is 16.8. The molecule has 12 heteroatoms. The molecule has 1 atom stereocenters. The minimum atomic E-state index is -4.65. The predicted molar refractivity (Wildman–Crippen MR) is 101 cm³/mol. The van der Waals surface area contributed by atoms with Crippen LogP contribution in [0.2, 0.25) is 0 Å². The van der Waals surface area contributed by atoms with E-state index in [-0.39, 0.29) is 52.9 Å². The second-order valence-corrected chi connectivity index (χ2v) is 7.61. The maximum Gasteiger partial charge on any atom is 0.586 e. The van der Waals surface area contributed by atoms with Gasteiger partial charge in [0.1, 0.15) is 12.4 Å². The normalized spacial score (nSPS) is 18.8. The minimum Gasteiger partial charge on any atom is -0.487 e. The van der Waals surface area contributed by atoms with E-state index in [9.17, 15) is 27.1 Å². The van der Waals surface area contributed by atoms with Gasteiger partial charge in [0.25, 0.3) is 0 Å². The van der Waals surface area contributed by atoms with Crippen molar-refractivity contribution in [3.8, 4) is 22.9 Å². The molecule has 2 aromatic heterocycles. The van der Waals surface area contributed by atoms with Crippen molar-refractivity contribution in [2.24, 2.45) is 0 Å². The van der Waals surface area contributed by atoms with E-state index in [1.807, 2.05) is 0 Å². The van der Waals surface area contributed by atoms with Gasteiger partial charge in [0.15, 0.2) is 17.2 Å². The highest BCUT2D eigenvalue weighted by Gasteiger charge is 2.44. The first-order chi connectivity index (χ1) is 15.6. The van der Waals surface area contributed by atoms with E-state index < -0.39 is 24.3 Å². The number of aliphatic hydroxyl groups is 1. The summed E-state index contributed by atoms with van der Waals surface area (Å²) in [7, 11) is 0. The maximum atomic E-state index is 13.5. The van der Waals surface area contributed by atoms with Gasteiger partial charge in [-0.05, 0) is 31.4 Å². The van der Waals surface area contributed by atoms with Gasteiger partial charge in [-0.1, -0.05) is 6.07 Å². The Morgan fingerprint density at radius 2 is 1.97 bits per heavy atom. The van der Waals surface area contributed by atoms with E-state index in [4.69, 9.17) is 4.74 Å². The average Bonchev–Trinajstić information content (AvgIpc) is 3.29. The standard InChI is InChI=1S/C21H16F5N3O4/c22-20(23,24)19-14-5-2-6-15(30)18(14)29(28-19)12-3-1-4-13(8-12)31-10-11-7-16-17(9-27-11)33-21(25,26)32-16/h1,3-4,7-9,15,30H,2,5-6,10H2. The van der Waals surface area contributed by atoms with E-state index >= 15 is 0 Å². The van der Waals surface area contributed by atoms with E-state index in [2.05, 4.69) is 19.6 Å². The van der Waals surface area contributed by atoms with Crippen molar-refractivity contribution in [2.75, 3.05) is 0 Å². The van der Waals surface area contributed by atoms with Crippen LogP contribution in [0.15, 0.2) is 36.5 Å². The molecule has 1 aliphatic heterocycles. The van der Waals surface area contributed by atoms with Crippen molar-refractivity contribution in [1.82, 2.24) is 14.8 Å². The molecule has 1 aliphatic carbocycles. The number of hydrogen-bond acceptors (Lipinski definition) is 6. The van der Waals surface area contributed by atoms with Crippen LogP contribution in [0.25, 0.3) is 5.69 Å². The van der Waals surface area contributed by atoms with E-state index in [1.165, 1.54) is 12.1 Å². The molecule has 0 bridgehead atoms. The quantitative estimate of drug-likeness (QED) is 0.565. The molecular formula is C21H16F5N3O4. The van der Waals surface area contributed by atoms with Gasteiger partial charge in [-0.3, -0.25) is 4.98 Å². The van der Waals surface area contributed by atoms with Gasteiger partial charge < -0.3 is 19.3 Å². The second-order valence-electron chi connectivity index (χ2n) is 7.61. The predicted octanol–water partition coefficient (Wildman–Crippen LogP) is 4.56. The summed E-state index contributed by atoms with van der Waals surface area (Å²) in [5, 5.41) is 14.1. The molecule has 0 radical (unpaired) electrons. The fourth-order valence-electron chi connectivity index (χ4n) is 3.93. The molecule has 174 valence electrons. The van der Waals surface area contributed by atoms with E-state index in [0.717, 1.165) is 10.9 Å². The summed E-state index contributed by atoms with van der Waals surface area (Å²) < 4.78 is 82.2. The first-order valence-electron chi connectivity index (χ1n) is 9.96. The summed E-state index contributed by atoms with van der Waals surface area (Å²) >= 11 is 0. The number of benzene rings is 1. The highest BCUT2D eigenvalue weighted by Crippen LogP contribution is 2.41. The molecule has 0 amide bonds. The van der Waals surface area contributed by atoms with Crippen LogP contribution in [0.5, 0.6) is 17.2 Å². The molecule has 1 unspecified atom stereocenters. The number of pyridine rings is 1. The molecule has 1 aromatic carbocycles. The van der Waals surface area contributed by atoms with Gasteiger partial charge in [-0.25, -0.2) is 4.68 Å². The number of rotatable bonds is 4. The van der Waals surface area contributed by atoms with Gasteiger partial charge in [-0.2, -0.15) is 18.3 Å². The van der Waals surface area contributed by atoms with Crippen LogP contribution in [-0.2, 0) is 19.2 Å². The first kappa shape index (κ1) is 21.4. The second kappa shape index (κ2) is 7.58. The van der Waals surface area contributed by atoms with Crippen LogP contribution in [0.3, 0.4) is 0 Å². The van der Waals surface area contributed by atoms with Crippen molar-refractivity contribution in [3.63, 3.8) is 0 Å². The van der Waals surface area contributed by atoms with Crippen molar-refractivity contribution >= 4 is 0 Å². The Labute approximate surface area is 183 Å². The molecular weight excluding hydrogens is 453 g/mol. The van der Waals surface area contributed by atoms with Gasteiger partial charge in [0.05, 0.1) is 29.4 Å². The fraction of sp³-hybridized carbons (Fsp3) is 0.333. The molecule has 3 aromatic rings. The lowest BCUT2D eigenvalue weighted by Crippen LogP contribution is -2.25. The highest BCUT2D eigenvalue weighted by atomic mass is 19.4. The molecule has 33 heavy (non-hydrogen) atoms. The molecule has 0 saturated carbocycles. The summed E-state index contributed by atoms with van der Waals surface area (Å²) in [6.45, 7) is -0.126. The zero-order valence-electron chi connectivity index (χ0n) is 16.8. The van der Waals surface area contributed by atoms with Gasteiger partial charge >= 0.3 is 12.5 Å². The molecule has 5 rings (SSSR count). The summed E-state index contributed by atoms with van der Waals surface area (Å²) in [6, 6.07) is 7.39. The van der Waals surface area contributed by atoms with Crippen LogP contribution in [0.4, 0.5) is 22.0 Å². The SMILES string of the molecule is OC1CCCc2c(C(F)(F)F)nn(-c3cccc(OCc4cc5c(cn4)OC(F)(F)O5)c3)c21.